The topological polar surface area (TPSA) is 26.3 Å². The van der Waals surface area contributed by atoms with E-state index in [-0.39, 0.29) is 6.10 Å². The molecule has 0 spiro atoms. The van der Waals surface area contributed by atoms with Crippen LogP contribution in [0.2, 0.25) is 0 Å². The Morgan fingerprint density at radius 2 is 1.79 bits per heavy atom. The van der Waals surface area contributed by atoms with Gasteiger partial charge >= 0.3 is 0 Å². The van der Waals surface area contributed by atoms with Crippen molar-refractivity contribution < 1.29 is 9.53 Å². The standard InChI is InChI=1S/C12H22O2/c1-9(2)7-10(3)11(4)14-12(5,6)8-13/h7-9,11H,1-6H3. The predicted molar refractivity (Wildman–Crippen MR) is 59.3 cm³/mol. The average molecular weight is 198 g/mol. The zero-order chi connectivity index (χ0) is 11.4. The predicted octanol–water partition coefficient (Wildman–Crippen LogP) is 2.97. The minimum atomic E-state index is -0.689. The van der Waals surface area contributed by atoms with Gasteiger partial charge in [-0.3, -0.25) is 0 Å². The Morgan fingerprint density at radius 3 is 2.14 bits per heavy atom. The lowest BCUT2D eigenvalue weighted by atomic mass is 10.1. The number of aldehydes is 1. The van der Waals surface area contributed by atoms with Gasteiger partial charge < -0.3 is 9.53 Å². The van der Waals surface area contributed by atoms with E-state index in [0.29, 0.717) is 5.92 Å². The van der Waals surface area contributed by atoms with Crippen LogP contribution in [0.3, 0.4) is 0 Å². The van der Waals surface area contributed by atoms with Gasteiger partial charge in [-0.15, -0.1) is 0 Å². The minimum absolute atomic E-state index is 0.00222. The lowest BCUT2D eigenvalue weighted by Crippen LogP contribution is -2.31. The molecule has 0 aliphatic heterocycles. The van der Waals surface area contributed by atoms with E-state index >= 15 is 0 Å². The molecule has 0 aliphatic rings. The molecule has 2 nitrogen and oxygen atoms in total. The van der Waals surface area contributed by atoms with Crippen LogP contribution in [0.1, 0.15) is 41.5 Å². The second-order valence-corrected chi connectivity index (χ2v) is 4.64. The number of hydrogen-bond donors (Lipinski definition) is 0. The zero-order valence-electron chi connectivity index (χ0n) is 10.1. The Kier molecular flexibility index (Phi) is 5.06. The molecule has 0 fully saturated rings. The molecule has 14 heavy (non-hydrogen) atoms. The van der Waals surface area contributed by atoms with Crippen molar-refractivity contribution in [3.8, 4) is 0 Å². The molecule has 1 atom stereocenters. The van der Waals surface area contributed by atoms with Crippen molar-refractivity contribution in [2.75, 3.05) is 0 Å². The van der Waals surface area contributed by atoms with E-state index in [2.05, 4.69) is 19.9 Å². The van der Waals surface area contributed by atoms with Gasteiger partial charge in [-0.2, -0.15) is 0 Å². The van der Waals surface area contributed by atoms with E-state index < -0.39 is 5.60 Å². The lowest BCUT2D eigenvalue weighted by molar-refractivity contribution is -0.130. The first-order valence-corrected chi connectivity index (χ1v) is 5.11. The maximum atomic E-state index is 10.7. The summed E-state index contributed by atoms with van der Waals surface area (Å²) in [5.41, 5.74) is 0.487. The molecular weight excluding hydrogens is 176 g/mol. The highest BCUT2D eigenvalue weighted by Crippen LogP contribution is 2.16. The first-order valence-electron chi connectivity index (χ1n) is 5.11. The van der Waals surface area contributed by atoms with Gasteiger partial charge in [0.25, 0.3) is 0 Å². The highest BCUT2D eigenvalue weighted by Gasteiger charge is 2.21. The maximum Gasteiger partial charge on any atom is 0.151 e. The molecule has 1 unspecified atom stereocenters. The molecule has 2 heteroatoms. The third-order valence-electron chi connectivity index (χ3n) is 2.00. The maximum absolute atomic E-state index is 10.7. The largest absolute Gasteiger partial charge is 0.361 e. The van der Waals surface area contributed by atoms with Crippen molar-refractivity contribution in [3.05, 3.63) is 11.6 Å². The summed E-state index contributed by atoms with van der Waals surface area (Å²) < 4.78 is 5.61. The fourth-order valence-electron chi connectivity index (χ4n) is 1.24. The second-order valence-electron chi connectivity index (χ2n) is 4.64. The summed E-state index contributed by atoms with van der Waals surface area (Å²) in [5, 5.41) is 0. The van der Waals surface area contributed by atoms with Crippen molar-refractivity contribution >= 4 is 6.29 Å². The molecular formula is C12H22O2. The van der Waals surface area contributed by atoms with E-state index in [1.807, 2.05) is 13.8 Å². The van der Waals surface area contributed by atoms with Crippen molar-refractivity contribution in [2.24, 2.45) is 5.92 Å². The summed E-state index contributed by atoms with van der Waals surface area (Å²) in [6.45, 7) is 11.8. The fraction of sp³-hybridized carbons (Fsp3) is 0.750. The van der Waals surface area contributed by atoms with Gasteiger partial charge in [-0.1, -0.05) is 19.9 Å². The van der Waals surface area contributed by atoms with Crippen molar-refractivity contribution in [3.63, 3.8) is 0 Å². The first-order chi connectivity index (χ1) is 6.28. The average Bonchev–Trinajstić information content (AvgIpc) is 2.02. The third kappa shape index (κ3) is 5.18. The molecule has 0 aromatic carbocycles. The molecule has 0 bridgehead atoms. The summed E-state index contributed by atoms with van der Waals surface area (Å²) >= 11 is 0. The number of ether oxygens (including phenoxy) is 1. The second kappa shape index (κ2) is 5.30. The highest BCUT2D eigenvalue weighted by atomic mass is 16.5. The van der Waals surface area contributed by atoms with Gasteiger partial charge in [-0.25, -0.2) is 0 Å². The third-order valence-corrected chi connectivity index (χ3v) is 2.00. The molecule has 0 aromatic rings. The van der Waals surface area contributed by atoms with Crippen LogP contribution < -0.4 is 0 Å². The van der Waals surface area contributed by atoms with Gasteiger partial charge in [-0.05, 0) is 39.2 Å². The molecule has 0 aromatic heterocycles. The molecule has 0 saturated carbocycles. The van der Waals surface area contributed by atoms with E-state index in [1.54, 1.807) is 13.8 Å². The molecule has 0 saturated heterocycles. The Hall–Kier alpha value is -0.630. The quantitative estimate of drug-likeness (QED) is 0.501. The SMILES string of the molecule is CC(=CC(C)C)C(C)OC(C)(C)C=O. The molecule has 0 heterocycles. The molecule has 0 N–H and O–H groups in total. The van der Waals surface area contributed by atoms with E-state index in [9.17, 15) is 4.79 Å². The van der Waals surface area contributed by atoms with Gasteiger partial charge in [0.2, 0.25) is 0 Å². The van der Waals surface area contributed by atoms with Crippen LogP contribution in [0.4, 0.5) is 0 Å². The zero-order valence-corrected chi connectivity index (χ0v) is 10.1. The van der Waals surface area contributed by atoms with Crippen LogP contribution in [-0.4, -0.2) is 18.0 Å². The van der Waals surface area contributed by atoms with Crippen LogP contribution in [0.25, 0.3) is 0 Å². The van der Waals surface area contributed by atoms with Crippen LogP contribution in [0, 0.1) is 5.92 Å². The minimum Gasteiger partial charge on any atom is -0.361 e. The van der Waals surface area contributed by atoms with E-state index in [1.165, 1.54) is 5.57 Å². The lowest BCUT2D eigenvalue weighted by Gasteiger charge is -2.24. The summed E-state index contributed by atoms with van der Waals surface area (Å²) in [6, 6.07) is 0. The Balaban J connectivity index is 4.35. The smallest absolute Gasteiger partial charge is 0.151 e. The Morgan fingerprint density at radius 1 is 1.29 bits per heavy atom. The Labute approximate surface area is 87.3 Å². The van der Waals surface area contributed by atoms with Crippen LogP contribution in [0.5, 0.6) is 0 Å². The monoisotopic (exact) mass is 198 g/mol. The van der Waals surface area contributed by atoms with Crippen LogP contribution in [0.15, 0.2) is 11.6 Å². The number of rotatable bonds is 5. The number of carbonyl (C=O) groups is 1. The summed E-state index contributed by atoms with van der Waals surface area (Å²) in [5.74, 6) is 0.514. The highest BCUT2D eigenvalue weighted by molar-refractivity contribution is 5.60. The fourth-order valence-corrected chi connectivity index (χ4v) is 1.24. The molecule has 0 aliphatic carbocycles. The number of hydrogen-bond acceptors (Lipinski definition) is 2. The number of allylic oxidation sites excluding steroid dienone is 1. The van der Waals surface area contributed by atoms with Gasteiger partial charge in [0.05, 0.1) is 6.10 Å². The van der Waals surface area contributed by atoms with Gasteiger partial charge in [0.15, 0.2) is 6.29 Å². The van der Waals surface area contributed by atoms with E-state index in [0.717, 1.165) is 6.29 Å². The van der Waals surface area contributed by atoms with Crippen molar-refractivity contribution in [1.29, 1.82) is 0 Å². The summed E-state index contributed by atoms with van der Waals surface area (Å²) in [6.07, 6.45) is 3.00. The van der Waals surface area contributed by atoms with Crippen molar-refractivity contribution in [2.45, 2.75) is 53.2 Å². The van der Waals surface area contributed by atoms with E-state index in [4.69, 9.17) is 4.74 Å². The summed E-state index contributed by atoms with van der Waals surface area (Å²) in [4.78, 5) is 10.7. The van der Waals surface area contributed by atoms with Gasteiger partial charge in [0.1, 0.15) is 5.60 Å². The molecule has 0 amide bonds. The van der Waals surface area contributed by atoms with Gasteiger partial charge in [0, 0.05) is 0 Å². The Bertz CT molecular complexity index is 214. The molecule has 82 valence electrons. The van der Waals surface area contributed by atoms with Crippen molar-refractivity contribution in [1.82, 2.24) is 0 Å². The van der Waals surface area contributed by atoms with Crippen LogP contribution >= 0.6 is 0 Å². The number of carbonyl (C=O) groups excluding carboxylic acids is 1. The first kappa shape index (κ1) is 13.4. The normalized spacial score (nSPS) is 15.8. The summed E-state index contributed by atoms with van der Waals surface area (Å²) in [7, 11) is 0. The molecule has 0 rings (SSSR count). The van der Waals surface area contributed by atoms with Crippen LogP contribution in [-0.2, 0) is 9.53 Å². The molecule has 0 radical (unpaired) electrons.